The first kappa shape index (κ1) is 55.0. The van der Waals surface area contributed by atoms with Crippen molar-refractivity contribution in [1.29, 1.82) is 0 Å². The number of hydrogen-bond acceptors (Lipinski definition) is 1. The maximum atomic E-state index is 7.50. The van der Waals surface area contributed by atoms with Crippen LogP contribution >= 0.6 is 0 Å². The second kappa shape index (κ2) is 1450. The molecule has 0 aliphatic heterocycles. The molecule has 0 saturated carbocycles. The van der Waals surface area contributed by atoms with Crippen molar-refractivity contribution in [3.63, 3.8) is 0 Å². The average Bonchev–Trinajstić information content (AvgIpc) is 1.81. The van der Waals surface area contributed by atoms with Gasteiger partial charge in [-0.05, 0) is 0 Å². The molecule has 0 fully saturated rings. The molecule has 0 heterocycles. The van der Waals surface area contributed by atoms with Gasteiger partial charge in [0.1, 0.15) is 0 Å². The van der Waals surface area contributed by atoms with Crippen molar-refractivity contribution in [3.8, 4) is 0 Å². The molecule has 0 atom stereocenters. The molecular formula is C3HFeNiO3S+2. The summed E-state index contributed by atoms with van der Waals surface area (Å²) in [5, 5.41) is 0. The van der Waals surface area contributed by atoms with Crippen molar-refractivity contribution < 1.29 is 47.5 Å². The normalized spacial score (nSPS) is 0.667. The van der Waals surface area contributed by atoms with Gasteiger partial charge in [0.15, 0.2) is 0 Å². The molecule has 0 spiro atoms. The van der Waals surface area contributed by atoms with E-state index in [0.29, 0.717) is 0 Å². The van der Waals surface area contributed by atoms with Crippen LogP contribution in [0.25, 0.3) is 0 Å². The Hall–Kier alpha value is 0.583. The van der Waals surface area contributed by atoms with Crippen molar-refractivity contribution in [2.75, 3.05) is 0 Å². The molecule has 9 heavy (non-hydrogen) atoms. The van der Waals surface area contributed by atoms with Gasteiger partial charge >= 0.3 is 51.0 Å². The molecule has 0 saturated heterocycles. The Morgan fingerprint density at radius 2 is 0.667 bits per heavy atom. The molecule has 0 bridgehead atoms. The van der Waals surface area contributed by atoms with Crippen LogP contribution in [0.5, 0.6) is 0 Å². The molecule has 0 aromatic rings. The summed E-state index contributed by atoms with van der Waals surface area (Å²) in [6.45, 7) is 13.5. The van der Waals surface area contributed by atoms with E-state index in [-0.39, 0.29) is 47.1 Å². The minimum Gasteiger partial charge on any atom is -0.813 e. The molecule has 0 aliphatic carbocycles. The Labute approximate surface area is 81.0 Å². The maximum absolute atomic E-state index is 7.50. The van der Waals surface area contributed by atoms with Crippen molar-refractivity contribution >= 4 is 13.5 Å². The average molecular weight is 232 g/mol. The zero-order valence-corrected chi connectivity index (χ0v) is 6.83. The molecule has 0 amide bonds. The van der Waals surface area contributed by atoms with Crippen LogP contribution in [-0.2, 0) is 61.0 Å². The molecular weight excluding hydrogens is 231 g/mol. The molecule has 53 valence electrons. The predicted molar refractivity (Wildman–Crippen MR) is 20.5 cm³/mol. The van der Waals surface area contributed by atoms with Crippen LogP contribution in [0.3, 0.4) is 0 Å². The molecule has 0 N–H and O–H groups in total. The zero-order chi connectivity index (χ0) is 6.00. The first-order valence-electron chi connectivity index (χ1n) is 0.612. The molecule has 0 unspecified atom stereocenters. The van der Waals surface area contributed by atoms with E-state index in [9.17, 15) is 0 Å². The third kappa shape index (κ3) is 1090. The number of hydrogen-bond donors (Lipinski definition) is 0. The summed E-state index contributed by atoms with van der Waals surface area (Å²) in [6, 6.07) is 0. The van der Waals surface area contributed by atoms with E-state index < -0.39 is 0 Å². The van der Waals surface area contributed by atoms with Gasteiger partial charge in [-0.3, -0.25) is 0 Å². The monoisotopic (exact) mass is 231 g/mol. The molecule has 0 rings (SSSR count). The Bertz CT molecular complexity index is 47.5. The zero-order valence-electron chi connectivity index (χ0n) is 3.84. The summed E-state index contributed by atoms with van der Waals surface area (Å²) >= 11 is 0. The van der Waals surface area contributed by atoms with Gasteiger partial charge in [-0.1, -0.05) is 0 Å². The van der Waals surface area contributed by atoms with E-state index in [1.807, 2.05) is 0 Å². The molecule has 0 aromatic carbocycles. The SMILES string of the molecule is [C-]#[O+].[C-]#[O+].[C-]#[O+].[Fe+3].[Ni].[SH-]. The molecule has 0 aliphatic rings. The predicted octanol–water partition coefficient (Wildman–Crippen LogP) is -0.388. The van der Waals surface area contributed by atoms with Crippen LogP contribution in [-0.4, -0.2) is 0 Å². The first-order valence-corrected chi connectivity index (χ1v) is 0.612. The first-order chi connectivity index (χ1) is 3.00. The van der Waals surface area contributed by atoms with Crippen LogP contribution in [0.1, 0.15) is 0 Å². The third-order valence-corrected chi connectivity index (χ3v) is 0. The topological polar surface area (TPSA) is 59.7 Å². The van der Waals surface area contributed by atoms with Gasteiger partial charge in [-0.2, -0.15) is 0 Å². The van der Waals surface area contributed by atoms with Gasteiger partial charge in [-0.25, -0.2) is 0 Å². The fraction of sp³-hybridized carbons (Fsp3) is 0. The summed E-state index contributed by atoms with van der Waals surface area (Å²) in [7, 11) is 0. The Kier molecular flexibility index (Phi) is 8870. The molecule has 3 nitrogen and oxygen atoms in total. The third-order valence-electron chi connectivity index (χ3n) is 0. The molecule has 0 aromatic heterocycles. The van der Waals surface area contributed by atoms with Gasteiger partial charge in [0.05, 0.1) is 0 Å². The van der Waals surface area contributed by atoms with Crippen molar-refractivity contribution in [2.45, 2.75) is 0 Å². The quantitative estimate of drug-likeness (QED) is 0.184. The maximum Gasteiger partial charge on any atom is 3.00 e. The Morgan fingerprint density at radius 1 is 0.667 bits per heavy atom. The summed E-state index contributed by atoms with van der Waals surface area (Å²) in [5.41, 5.74) is 0. The van der Waals surface area contributed by atoms with E-state index in [1.165, 1.54) is 0 Å². The van der Waals surface area contributed by atoms with Crippen molar-refractivity contribution in [1.82, 2.24) is 0 Å². The van der Waals surface area contributed by atoms with Crippen LogP contribution in [0.2, 0.25) is 0 Å². The summed E-state index contributed by atoms with van der Waals surface area (Å²) in [6.07, 6.45) is 0. The standard InChI is InChI=1S/3CO.Fe.Ni.H2S/c3*1-2;;;/h;;;;;1H2/q;;;+3;;/p-1. The second-order valence-electron chi connectivity index (χ2n) is 0. The van der Waals surface area contributed by atoms with E-state index in [1.54, 1.807) is 0 Å². The van der Waals surface area contributed by atoms with Gasteiger partial charge in [-0.15, -0.1) is 0 Å². The Morgan fingerprint density at radius 3 is 0.667 bits per heavy atom. The van der Waals surface area contributed by atoms with Crippen LogP contribution in [0.4, 0.5) is 0 Å². The molecule has 6 heteroatoms. The van der Waals surface area contributed by atoms with E-state index in [4.69, 9.17) is 14.0 Å². The smallest absolute Gasteiger partial charge is 0.813 e. The summed E-state index contributed by atoms with van der Waals surface area (Å²) in [4.78, 5) is 0. The number of rotatable bonds is 0. The van der Waals surface area contributed by atoms with Gasteiger partial charge in [0, 0.05) is 16.5 Å². The largest absolute Gasteiger partial charge is 3.00 e. The van der Waals surface area contributed by atoms with Gasteiger partial charge in [0.2, 0.25) is 0 Å². The number of thiol groups is 1. The van der Waals surface area contributed by atoms with E-state index in [0.717, 1.165) is 0 Å². The van der Waals surface area contributed by atoms with Crippen molar-refractivity contribution in [2.24, 2.45) is 0 Å². The fourth-order valence-corrected chi connectivity index (χ4v) is 0. The minimum absolute atomic E-state index is 0. The summed E-state index contributed by atoms with van der Waals surface area (Å²) < 4.78 is 22.5. The van der Waals surface area contributed by atoms with Crippen LogP contribution in [0.15, 0.2) is 0 Å². The van der Waals surface area contributed by atoms with Gasteiger partial charge in [0.25, 0.3) is 0 Å². The summed E-state index contributed by atoms with van der Waals surface area (Å²) in [5.74, 6) is 0. The fourth-order valence-electron chi connectivity index (χ4n) is 0. The van der Waals surface area contributed by atoms with Gasteiger partial charge < -0.3 is 13.5 Å². The van der Waals surface area contributed by atoms with Crippen molar-refractivity contribution in [3.05, 3.63) is 20.0 Å². The second-order valence-corrected chi connectivity index (χ2v) is 0. The Balaban J connectivity index is -0.00000000321. The minimum atomic E-state index is 0. The van der Waals surface area contributed by atoms with E-state index in [2.05, 4.69) is 20.0 Å². The van der Waals surface area contributed by atoms with E-state index >= 15 is 0 Å². The van der Waals surface area contributed by atoms with Crippen LogP contribution < -0.4 is 0 Å². The molecule has 1 radical (unpaired) electrons. The van der Waals surface area contributed by atoms with Crippen LogP contribution in [0, 0.1) is 20.0 Å².